The first kappa shape index (κ1) is 36.2. The number of nitrogens with one attached hydrogen (secondary N) is 1. The van der Waals surface area contributed by atoms with Gasteiger partial charge >= 0.3 is 0 Å². The predicted molar refractivity (Wildman–Crippen MR) is 155 cm³/mol. The third kappa shape index (κ3) is 11.2. The van der Waals surface area contributed by atoms with E-state index in [9.17, 15) is 13.2 Å². The molecular formula is C23H30N4O13S3. The van der Waals surface area contributed by atoms with Gasteiger partial charge in [0.25, 0.3) is 0 Å². The number of amides is 1. The largest absolute Gasteiger partial charge is 0.494 e. The van der Waals surface area contributed by atoms with E-state index in [-0.39, 0.29) is 54.0 Å². The van der Waals surface area contributed by atoms with Gasteiger partial charge in [-0.25, -0.2) is 18.9 Å². The van der Waals surface area contributed by atoms with Crippen LogP contribution in [-0.4, -0.2) is 65.4 Å². The molecule has 0 atom stereocenters. The molecule has 0 radical (unpaired) electrons. The highest BCUT2D eigenvalue weighted by Crippen LogP contribution is 2.41. The molecule has 0 aliphatic rings. The van der Waals surface area contributed by atoms with E-state index in [2.05, 4.69) is 40.9 Å². The molecule has 2 rings (SSSR count). The first-order valence-electron chi connectivity index (χ1n) is 11.9. The van der Waals surface area contributed by atoms with E-state index in [1.54, 1.807) is 17.9 Å². The van der Waals surface area contributed by atoms with Crippen LogP contribution in [0.4, 0.5) is 22.7 Å². The number of methoxy groups -OCH3 is 2. The summed E-state index contributed by atoms with van der Waals surface area (Å²) in [7, 11) is -0.947. The Kier molecular flexibility index (Phi) is 15.6. The fraction of sp³-hybridized carbons (Fsp3) is 0.348. The molecule has 2 aromatic rings. The van der Waals surface area contributed by atoms with Gasteiger partial charge in [-0.3, -0.25) is 13.2 Å². The molecule has 0 aliphatic carbocycles. The van der Waals surface area contributed by atoms with E-state index < -0.39 is 15.7 Å². The molecule has 238 valence electrons. The van der Waals surface area contributed by atoms with Crippen molar-refractivity contribution in [1.82, 2.24) is 0 Å². The molecule has 43 heavy (non-hydrogen) atoms. The van der Waals surface area contributed by atoms with Crippen molar-refractivity contribution >= 4 is 63.1 Å². The lowest BCUT2D eigenvalue weighted by molar-refractivity contribution is -0.434. The molecular weight excluding hydrogens is 636 g/mol. The average Bonchev–Trinajstić information content (AvgIpc) is 2.98. The van der Waals surface area contributed by atoms with Gasteiger partial charge < -0.3 is 19.7 Å². The Morgan fingerprint density at radius 3 is 2.07 bits per heavy atom. The first-order valence-corrected chi connectivity index (χ1v) is 14.7. The Hall–Kier alpha value is -3.02. The van der Waals surface area contributed by atoms with Crippen molar-refractivity contribution in [3.63, 3.8) is 0 Å². The number of nitrogens with zero attached hydrogens (tertiary/aromatic N) is 3. The Morgan fingerprint density at radius 2 is 1.56 bits per heavy atom. The number of aryl methyl sites for hydroxylation is 1. The second-order valence-corrected chi connectivity index (χ2v) is 10.9. The van der Waals surface area contributed by atoms with Crippen LogP contribution in [0.25, 0.3) is 0 Å². The number of ether oxygens (including phenoxy) is 2. The SMILES string of the molecule is C=CS(=O)(=O)c1cc(OC)c(N=Nc2cc(OC)c(N(CCOSOOO)CCOSOOO)cc2NC(C)=O)cc1C. The van der Waals surface area contributed by atoms with Crippen LogP contribution >= 0.6 is 24.6 Å². The minimum Gasteiger partial charge on any atom is -0.494 e. The quantitative estimate of drug-likeness (QED) is 0.0552. The monoisotopic (exact) mass is 666 g/mol. The van der Waals surface area contributed by atoms with Crippen LogP contribution < -0.4 is 19.7 Å². The summed E-state index contributed by atoms with van der Waals surface area (Å²) in [6, 6.07) is 5.95. The number of hydrogen-bond acceptors (Lipinski definition) is 18. The third-order valence-corrected chi connectivity index (χ3v) is 7.57. The fourth-order valence-electron chi connectivity index (χ4n) is 3.52. The molecule has 0 heterocycles. The Bertz CT molecular complexity index is 1350. The van der Waals surface area contributed by atoms with E-state index in [1.807, 2.05) is 0 Å². The summed E-state index contributed by atoms with van der Waals surface area (Å²) < 4.78 is 54.4. The zero-order valence-electron chi connectivity index (χ0n) is 23.4. The van der Waals surface area contributed by atoms with Gasteiger partial charge in [0.05, 0.1) is 43.7 Å². The van der Waals surface area contributed by atoms with Gasteiger partial charge in [-0.15, -0.1) is 18.9 Å². The van der Waals surface area contributed by atoms with Crippen molar-refractivity contribution in [1.29, 1.82) is 0 Å². The van der Waals surface area contributed by atoms with E-state index in [4.69, 9.17) is 28.4 Å². The molecule has 0 spiro atoms. The van der Waals surface area contributed by atoms with Crippen LogP contribution in [-0.2, 0) is 41.7 Å². The minimum absolute atomic E-state index is 0.0130. The van der Waals surface area contributed by atoms with Crippen LogP contribution in [0.15, 0.2) is 51.4 Å². The molecule has 0 fully saturated rings. The van der Waals surface area contributed by atoms with Gasteiger partial charge in [-0.05, 0) is 24.6 Å². The number of sulfone groups is 1. The van der Waals surface area contributed by atoms with Gasteiger partial charge in [-0.2, -0.15) is 0 Å². The highest BCUT2D eigenvalue weighted by Gasteiger charge is 2.20. The van der Waals surface area contributed by atoms with Crippen LogP contribution in [0.5, 0.6) is 11.5 Å². The van der Waals surface area contributed by atoms with Crippen molar-refractivity contribution in [3.8, 4) is 11.5 Å². The fourth-order valence-corrected chi connectivity index (χ4v) is 4.89. The van der Waals surface area contributed by atoms with E-state index in [0.717, 1.165) is 5.41 Å². The minimum atomic E-state index is -3.74. The number of benzene rings is 2. The van der Waals surface area contributed by atoms with Crippen molar-refractivity contribution in [3.05, 3.63) is 41.8 Å². The Morgan fingerprint density at radius 1 is 0.977 bits per heavy atom. The lowest BCUT2D eigenvalue weighted by Gasteiger charge is -2.27. The number of azo groups is 1. The van der Waals surface area contributed by atoms with Crippen molar-refractivity contribution in [2.24, 2.45) is 10.2 Å². The normalized spacial score (nSPS) is 11.5. The highest BCUT2D eigenvalue weighted by atomic mass is 32.2. The maximum Gasteiger partial charge on any atom is 0.221 e. The second kappa shape index (κ2) is 18.6. The summed E-state index contributed by atoms with van der Waals surface area (Å²) in [5.41, 5.74) is 1.58. The second-order valence-electron chi connectivity index (χ2n) is 7.98. The summed E-state index contributed by atoms with van der Waals surface area (Å²) in [6.07, 6.45) is 0. The lowest BCUT2D eigenvalue weighted by atomic mass is 10.2. The summed E-state index contributed by atoms with van der Waals surface area (Å²) in [5, 5.41) is 35.6. The maximum absolute atomic E-state index is 12.4. The molecule has 0 aliphatic heterocycles. The van der Waals surface area contributed by atoms with E-state index >= 15 is 0 Å². The zero-order chi connectivity index (χ0) is 31.8. The van der Waals surface area contributed by atoms with Crippen LogP contribution in [0.3, 0.4) is 0 Å². The Labute approximate surface area is 256 Å². The van der Waals surface area contributed by atoms with Gasteiger partial charge in [0.1, 0.15) is 22.9 Å². The average molecular weight is 667 g/mol. The van der Waals surface area contributed by atoms with Crippen LogP contribution in [0, 0.1) is 6.92 Å². The summed E-state index contributed by atoms with van der Waals surface area (Å²) in [5.74, 6) is 0.0737. The smallest absolute Gasteiger partial charge is 0.221 e. The lowest BCUT2D eigenvalue weighted by Crippen LogP contribution is -2.30. The van der Waals surface area contributed by atoms with Crippen molar-refractivity contribution < 1.29 is 60.3 Å². The van der Waals surface area contributed by atoms with Gasteiger partial charge in [-0.1, -0.05) is 16.7 Å². The summed E-state index contributed by atoms with van der Waals surface area (Å²) in [6.45, 7) is 6.84. The standard InChI is InChI=1S/C23H30N4O13S3/c1-6-43(31,32)23-14-21(33-4)19(11-15(23)2)26-25-18-13-22(34-5)20(12-17(18)24-16(3)28)27(7-9-35-41-39-37-29)8-10-36-42-40-38-30/h6,11-14,29-30H,1,7-10H2,2-5H3,(H,24,28). The van der Waals surface area contributed by atoms with Crippen LogP contribution in [0.2, 0.25) is 0 Å². The number of anilines is 2. The topological polar surface area (TPSA) is 205 Å². The number of carbonyl (C=O) groups excluding carboxylic acids is 1. The molecule has 0 bridgehead atoms. The molecule has 0 saturated carbocycles. The van der Waals surface area contributed by atoms with Gasteiger partial charge in [0, 0.05) is 37.6 Å². The zero-order valence-corrected chi connectivity index (χ0v) is 25.8. The van der Waals surface area contributed by atoms with Crippen molar-refractivity contribution in [2.75, 3.05) is 50.7 Å². The van der Waals surface area contributed by atoms with E-state index in [0.29, 0.717) is 41.6 Å². The predicted octanol–water partition coefficient (Wildman–Crippen LogP) is 5.11. The summed E-state index contributed by atoms with van der Waals surface area (Å²) >= 11 is 0.797. The molecule has 20 heteroatoms. The molecule has 0 unspecified atom stereocenters. The Balaban J connectivity index is 2.51. The maximum atomic E-state index is 12.4. The number of hydrogen-bond donors (Lipinski definition) is 3. The molecule has 0 saturated heterocycles. The van der Waals surface area contributed by atoms with Gasteiger partial charge in [0.2, 0.25) is 5.91 Å². The number of rotatable bonds is 20. The van der Waals surface area contributed by atoms with Crippen LogP contribution in [0.1, 0.15) is 12.5 Å². The van der Waals surface area contributed by atoms with E-state index in [1.165, 1.54) is 39.3 Å². The first-order chi connectivity index (χ1) is 20.6. The third-order valence-electron chi connectivity index (χ3n) is 5.32. The molecule has 3 N–H and O–H groups in total. The molecule has 2 aromatic carbocycles. The molecule has 1 amide bonds. The highest BCUT2D eigenvalue weighted by molar-refractivity contribution is 7.94. The summed E-state index contributed by atoms with van der Waals surface area (Å²) in [4.78, 5) is 13.8. The molecule has 0 aromatic heterocycles. The van der Waals surface area contributed by atoms with Crippen molar-refractivity contribution in [2.45, 2.75) is 18.7 Å². The number of carbonyl (C=O) groups is 1. The molecule has 17 nitrogen and oxygen atoms in total. The van der Waals surface area contributed by atoms with Gasteiger partial charge in [0.15, 0.2) is 34.5 Å².